The van der Waals surface area contributed by atoms with E-state index >= 15 is 0 Å². The summed E-state index contributed by atoms with van der Waals surface area (Å²) in [6.07, 6.45) is 4.78. The molecule has 0 aliphatic heterocycles. The number of benzene rings is 3. The predicted octanol–water partition coefficient (Wildman–Crippen LogP) is 6.22. The zero-order chi connectivity index (χ0) is 23.2. The Hall–Kier alpha value is -3.83. The van der Waals surface area contributed by atoms with Crippen LogP contribution in [-0.2, 0) is 13.7 Å². The summed E-state index contributed by atoms with van der Waals surface area (Å²) in [6.45, 7) is 0.329. The highest BCUT2D eigenvalue weighted by Gasteiger charge is 2.12. The monoisotopic (exact) mass is 458 g/mol. The highest BCUT2D eigenvalue weighted by atomic mass is 35.5. The Kier molecular flexibility index (Phi) is 6.91. The van der Waals surface area contributed by atoms with Crippen molar-refractivity contribution in [3.63, 3.8) is 0 Å². The number of aryl methyl sites for hydroxylation is 1. The number of ether oxygens (including phenoxy) is 2. The van der Waals surface area contributed by atoms with E-state index in [9.17, 15) is 4.79 Å². The van der Waals surface area contributed by atoms with Gasteiger partial charge in [-0.2, -0.15) is 5.10 Å². The van der Waals surface area contributed by atoms with Crippen LogP contribution in [-0.4, -0.2) is 22.7 Å². The molecular weight excluding hydrogens is 436 g/mol. The fourth-order valence-electron chi connectivity index (χ4n) is 3.43. The summed E-state index contributed by atoms with van der Waals surface area (Å²) >= 11 is 6.06. The second-order valence-corrected chi connectivity index (χ2v) is 7.85. The van der Waals surface area contributed by atoms with Crippen LogP contribution in [0.2, 0.25) is 5.02 Å². The van der Waals surface area contributed by atoms with Gasteiger partial charge in [-0.05, 0) is 47.0 Å². The molecule has 166 valence electrons. The maximum absolute atomic E-state index is 12.4. The Morgan fingerprint density at radius 1 is 1.03 bits per heavy atom. The molecule has 0 aliphatic carbocycles. The lowest BCUT2D eigenvalue weighted by molar-refractivity contribution is 0.104. The van der Waals surface area contributed by atoms with Crippen molar-refractivity contribution in [1.82, 2.24) is 9.78 Å². The van der Waals surface area contributed by atoms with Crippen LogP contribution in [0.1, 0.15) is 21.6 Å². The van der Waals surface area contributed by atoms with E-state index in [4.69, 9.17) is 21.1 Å². The van der Waals surface area contributed by atoms with Gasteiger partial charge in [-0.25, -0.2) is 0 Å². The summed E-state index contributed by atoms with van der Waals surface area (Å²) in [5.74, 6) is 1.22. The maximum Gasteiger partial charge on any atom is 0.207 e. The number of carbonyl (C=O) groups is 1. The van der Waals surface area contributed by atoms with E-state index in [1.165, 1.54) is 10.8 Å². The summed E-state index contributed by atoms with van der Waals surface area (Å²) in [6, 6.07) is 23.8. The van der Waals surface area contributed by atoms with Crippen molar-refractivity contribution < 1.29 is 14.3 Å². The van der Waals surface area contributed by atoms with Crippen molar-refractivity contribution in [2.45, 2.75) is 6.61 Å². The SMILES string of the molecule is COc1ccc(/C=C/C(=O)c2nn(C)cc2Cl)cc1COc1ccc(-c2ccccc2)cc1. The number of hydrogen-bond donors (Lipinski definition) is 0. The number of hydrogen-bond acceptors (Lipinski definition) is 4. The lowest BCUT2D eigenvalue weighted by Gasteiger charge is -2.12. The van der Waals surface area contributed by atoms with Crippen LogP contribution in [0.5, 0.6) is 11.5 Å². The normalized spacial score (nSPS) is 11.0. The minimum absolute atomic E-state index is 0.228. The largest absolute Gasteiger partial charge is 0.496 e. The Balaban J connectivity index is 1.46. The van der Waals surface area contributed by atoms with Crippen LogP contribution >= 0.6 is 11.6 Å². The van der Waals surface area contributed by atoms with Crippen LogP contribution in [0.25, 0.3) is 17.2 Å². The molecule has 0 spiro atoms. The first-order chi connectivity index (χ1) is 16.0. The third-order valence-electron chi connectivity index (χ3n) is 5.10. The first kappa shape index (κ1) is 22.4. The van der Waals surface area contributed by atoms with Crippen molar-refractivity contribution in [3.8, 4) is 22.6 Å². The first-order valence-corrected chi connectivity index (χ1v) is 10.8. The third kappa shape index (κ3) is 5.51. The van der Waals surface area contributed by atoms with E-state index in [1.54, 1.807) is 26.4 Å². The number of methoxy groups -OCH3 is 1. The van der Waals surface area contributed by atoms with Gasteiger partial charge in [0, 0.05) is 18.8 Å². The van der Waals surface area contributed by atoms with Crippen molar-refractivity contribution in [1.29, 1.82) is 0 Å². The van der Waals surface area contributed by atoms with E-state index in [1.807, 2.05) is 60.7 Å². The molecule has 4 rings (SSSR count). The fraction of sp³-hybridized carbons (Fsp3) is 0.111. The Bertz CT molecular complexity index is 1280. The number of allylic oxidation sites excluding steroid dienone is 1. The molecule has 0 unspecified atom stereocenters. The Morgan fingerprint density at radius 2 is 1.76 bits per heavy atom. The lowest BCUT2D eigenvalue weighted by Crippen LogP contribution is -2.00. The molecule has 0 atom stereocenters. The van der Waals surface area contributed by atoms with Crippen molar-refractivity contribution in [2.24, 2.45) is 7.05 Å². The first-order valence-electron chi connectivity index (χ1n) is 10.4. The van der Waals surface area contributed by atoms with E-state index in [0.29, 0.717) is 17.4 Å². The van der Waals surface area contributed by atoms with Crippen LogP contribution < -0.4 is 9.47 Å². The average Bonchev–Trinajstić information content (AvgIpc) is 3.20. The minimum atomic E-state index is -0.257. The van der Waals surface area contributed by atoms with Crippen LogP contribution in [0.4, 0.5) is 0 Å². The molecular formula is C27H23ClN2O3. The fourth-order valence-corrected chi connectivity index (χ4v) is 3.70. The molecule has 0 radical (unpaired) electrons. The molecule has 33 heavy (non-hydrogen) atoms. The third-order valence-corrected chi connectivity index (χ3v) is 5.38. The van der Waals surface area contributed by atoms with E-state index in [2.05, 4.69) is 17.2 Å². The molecule has 0 saturated carbocycles. The Labute approximate surface area is 197 Å². The molecule has 5 nitrogen and oxygen atoms in total. The predicted molar refractivity (Wildman–Crippen MR) is 131 cm³/mol. The number of carbonyl (C=O) groups excluding carboxylic acids is 1. The molecule has 1 aromatic heterocycles. The number of nitrogens with zero attached hydrogens (tertiary/aromatic N) is 2. The van der Waals surface area contributed by atoms with Crippen molar-refractivity contribution >= 4 is 23.5 Å². The van der Waals surface area contributed by atoms with Gasteiger partial charge in [0.25, 0.3) is 0 Å². The molecule has 6 heteroatoms. The topological polar surface area (TPSA) is 53.3 Å². The second-order valence-electron chi connectivity index (χ2n) is 7.45. The zero-order valence-electron chi connectivity index (χ0n) is 18.4. The Morgan fingerprint density at radius 3 is 2.42 bits per heavy atom. The van der Waals surface area contributed by atoms with Crippen LogP contribution in [0, 0.1) is 0 Å². The highest BCUT2D eigenvalue weighted by Crippen LogP contribution is 2.25. The van der Waals surface area contributed by atoms with Gasteiger partial charge in [-0.1, -0.05) is 66.2 Å². The average molecular weight is 459 g/mol. The highest BCUT2D eigenvalue weighted by molar-refractivity contribution is 6.34. The zero-order valence-corrected chi connectivity index (χ0v) is 19.1. The summed E-state index contributed by atoms with van der Waals surface area (Å²) in [7, 11) is 3.34. The number of aromatic nitrogens is 2. The molecule has 0 amide bonds. The summed E-state index contributed by atoms with van der Waals surface area (Å²) in [5.41, 5.74) is 4.23. The molecule has 0 fully saturated rings. The quantitative estimate of drug-likeness (QED) is 0.232. The molecule has 3 aromatic carbocycles. The van der Waals surface area contributed by atoms with Crippen LogP contribution in [0.15, 0.2) is 85.1 Å². The summed E-state index contributed by atoms with van der Waals surface area (Å²) in [5, 5.41) is 4.43. The van der Waals surface area contributed by atoms with Gasteiger partial charge in [0.15, 0.2) is 5.69 Å². The second kappa shape index (κ2) is 10.2. The molecule has 0 bridgehead atoms. The molecule has 4 aromatic rings. The number of ketones is 1. The molecule has 0 N–H and O–H groups in total. The van der Waals surface area contributed by atoms with Gasteiger partial charge < -0.3 is 9.47 Å². The molecule has 0 aliphatic rings. The van der Waals surface area contributed by atoms with Gasteiger partial charge in [-0.15, -0.1) is 0 Å². The van der Waals surface area contributed by atoms with Gasteiger partial charge in [-0.3, -0.25) is 9.48 Å². The maximum atomic E-state index is 12.4. The number of rotatable bonds is 8. The standard InChI is InChI=1S/C27H23ClN2O3/c1-30-17-24(28)27(29-30)25(31)14-8-19-9-15-26(32-2)22(16-19)18-33-23-12-10-21(11-13-23)20-6-4-3-5-7-20/h3-17H,18H2,1-2H3/b14-8+. The molecule has 1 heterocycles. The van der Waals surface area contributed by atoms with Crippen molar-refractivity contribution in [2.75, 3.05) is 7.11 Å². The van der Waals surface area contributed by atoms with Gasteiger partial charge in [0.2, 0.25) is 5.78 Å². The van der Waals surface area contributed by atoms with Gasteiger partial charge in [0.1, 0.15) is 18.1 Å². The van der Waals surface area contributed by atoms with E-state index in [0.717, 1.165) is 28.0 Å². The smallest absolute Gasteiger partial charge is 0.207 e. The minimum Gasteiger partial charge on any atom is -0.496 e. The summed E-state index contributed by atoms with van der Waals surface area (Å²) < 4.78 is 13.0. The lowest BCUT2D eigenvalue weighted by atomic mass is 10.1. The van der Waals surface area contributed by atoms with Crippen molar-refractivity contribution in [3.05, 3.63) is 107 Å². The van der Waals surface area contributed by atoms with Crippen LogP contribution in [0.3, 0.4) is 0 Å². The molecule has 0 saturated heterocycles. The van der Waals surface area contributed by atoms with E-state index in [-0.39, 0.29) is 11.5 Å². The van der Waals surface area contributed by atoms with Gasteiger partial charge in [0.05, 0.1) is 12.1 Å². The number of halogens is 1. The summed E-state index contributed by atoms with van der Waals surface area (Å²) in [4.78, 5) is 12.4. The van der Waals surface area contributed by atoms with Gasteiger partial charge >= 0.3 is 0 Å². The van der Waals surface area contributed by atoms with E-state index < -0.39 is 0 Å².